The van der Waals surface area contributed by atoms with Gasteiger partial charge in [0.15, 0.2) is 0 Å². The molecule has 160 valence electrons. The Morgan fingerprint density at radius 2 is 1.78 bits per heavy atom. The topological polar surface area (TPSA) is 75.1 Å². The molecule has 0 aliphatic heterocycles. The minimum atomic E-state index is -0.226. The highest BCUT2D eigenvalue weighted by atomic mass is 35.5. The second kappa shape index (κ2) is 7.89. The van der Waals surface area contributed by atoms with E-state index in [2.05, 4.69) is 5.10 Å². The van der Waals surface area contributed by atoms with Crippen molar-refractivity contribution in [1.82, 2.24) is 14.3 Å². The Balaban J connectivity index is 1.78. The Morgan fingerprint density at radius 3 is 2.53 bits per heavy atom. The van der Waals surface area contributed by atoms with Crippen molar-refractivity contribution < 1.29 is 4.74 Å². The second-order valence-corrected chi connectivity index (χ2v) is 8.22. The quantitative estimate of drug-likeness (QED) is 0.392. The lowest BCUT2D eigenvalue weighted by atomic mass is 10.1. The Labute approximate surface area is 193 Å². The summed E-state index contributed by atoms with van der Waals surface area (Å²) in [6.07, 6.45) is 0. The monoisotopic (exact) mass is 464 g/mol. The van der Waals surface area contributed by atoms with Crippen molar-refractivity contribution in [3.8, 4) is 11.4 Å². The number of ether oxygens (including phenoxy) is 1. The van der Waals surface area contributed by atoms with Crippen molar-refractivity contribution >= 4 is 50.8 Å². The third kappa shape index (κ3) is 3.28. The number of nitrogen functional groups attached to an aromatic ring is 1. The Morgan fingerprint density at radius 1 is 1.03 bits per heavy atom. The number of fused-ring (bicyclic) bond motifs is 3. The molecule has 2 heterocycles. The van der Waals surface area contributed by atoms with E-state index in [0.717, 1.165) is 22.2 Å². The largest absolute Gasteiger partial charge is 0.497 e. The molecule has 5 aromatic rings. The van der Waals surface area contributed by atoms with Crippen molar-refractivity contribution in [3.63, 3.8) is 0 Å². The van der Waals surface area contributed by atoms with Crippen molar-refractivity contribution in [2.45, 2.75) is 6.54 Å². The molecule has 0 amide bonds. The summed E-state index contributed by atoms with van der Waals surface area (Å²) in [4.78, 5) is 13.6. The van der Waals surface area contributed by atoms with Gasteiger partial charge >= 0.3 is 0 Å². The summed E-state index contributed by atoms with van der Waals surface area (Å²) in [5.41, 5.74) is 8.98. The SMILES string of the molecule is COc1ccc(Cn2c(=O)c3c(N)n(-c4cc(Cl)ccc4Cl)nc3c3ccccc32)cc1. The van der Waals surface area contributed by atoms with Crippen LogP contribution in [-0.2, 0) is 6.54 Å². The minimum Gasteiger partial charge on any atom is -0.497 e. The Bertz CT molecular complexity index is 1540. The zero-order chi connectivity index (χ0) is 22.4. The van der Waals surface area contributed by atoms with Crippen LogP contribution < -0.4 is 16.0 Å². The van der Waals surface area contributed by atoms with Crippen LogP contribution in [0.5, 0.6) is 5.75 Å². The number of methoxy groups -OCH3 is 1. The summed E-state index contributed by atoms with van der Waals surface area (Å²) < 4.78 is 8.42. The summed E-state index contributed by atoms with van der Waals surface area (Å²) in [6, 6.07) is 20.3. The van der Waals surface area contributed by atoms with Crippen LogP contribution in [-0.4, -0.2) is 21.5 Å². The molecule has 0 saturated carbocycles. The summed E-state index contributed by atoms with van der Waals surface area (Å²) in [6.45, 7) is 0.377. The Kier molecular flexibility index (Phi) is 5.04. The van der Waals surface area contributed by atoms with Gasteiger partial charge in [-0.3, -0.25) is 4.79 Å². The fraction of sp³-hybridized carbons (Fsp3) is 0.0833. The first-order valence-corrected chi connectivity index (χ1v) is 10.6. The highest BCUT2D eigenvalue weighted by Crippen LogP contribution is 2.31. The molecule has 32 heavy (non-hydrogen) atoms. The number of benzene rings is 3. The van der Waals surface area contributed by atoms with Gasteiger partial charge in [0, 0.05) is 10.4 Å². The zero-order valence-corrected chi connectivity index (χ0v) is 18.6. The second-order valence-electron chi connectivity index (χ2n) is 7.37. The third-order valence-corrected chi connectivity index (χ3v) is 6.02. The molecule has 0 bridgehead atoms. The number of nitrogens with two attached hydrogens (primary N) is 1. The fourth-order valence-corrected chi connectivity index (χ4v) is 4.25. The van der Waals surface area contributed by atoms with E-state index in [1.807, 2.05) is 48.5 Å². The van der Waals surface area contributed by atoms with Crippen LogP contribution in [0.25, 0.3) is 27.5 Å². The molecular formula is C24H18Cl2N4O2. The molecule has 0 atom stereocenters. The fourth-order valence-electron chi connectivity index (χ4n) is 3.89. The number of rotatable bonds is 4. The maximum atomic E-state index is 13.6. The van der Waals surface area contributed by atoms with Gasteiger partial charge in [0.25, 0.3) is 5.56 Å². The normalized spacial score (nSPS) is 11.3. The van der Waals surface area contributed by atoms with E-state index in [-0.39, 0.29) is 11.4 Å². The molecule has 0 unspecified atom stereocenters. The molecule has 5 rings (SSSR count). The smallest absolute Gasteiger partial charge is 0.264 e. The number of anilines is 1. The van der Waals surface area contributed by atoms with Crippen molar-refractivity contribution in [1.29, 1.82) is 0 Å². The predicted octanol–water partition coefficient (Wildman–Crippen LogP) is 5.29. The van der Waals surface area contributed by atoms with Crippen LogP contribution >= 0.6 is 23.2 Å². The van der Waals surface area contributed by atoms with Crippen LogP contribution in [0.3, 0.4) is 0 Å². The standard InChI is InChI=1S/C24H18Cl2N4O2/c1-32-16-9-6-14(7-10-16)13-29-19-5-3-2-4-17(19)22-21(24(29)31)23(27)30(28-22)20-12-15(25)8-11-18(20)26/h2-12H,13,27H2,1H3. The number of aromatic nitrogens is 3. The van der Waals surface area contributed by atoms with Crippen LogP contribution in [0.15, 0.2) is 71.5 Å². The van der Waals surface area contributed by atoms with E-state index in [0.29, 0.717) is 33.2 Å². The summed E-state index contributed by atoms with van der Waals surface area (Å²) in [7, 11) is 1.62. The van der Waals surface area contributed by atoms with Gasteiger partial charge in [0.05, 0.1) is 29.9 Å². The number of hydrogen-bond donors (Lipinski definition) is 1. The van der Waals surface area contributed by atoms with Crippen molar-refractivity contribution in [2.24, 2.45) is 0 Å². The van der Waals surface area contributed by atoms with E-state index >= 15 is 0 Å². The number of hydrogen-bond acceptors (Lipinski definition) is 4. The molecule has 0 spiro atoms. The summed E-state index contributed by atoms with van der Waals surface area (Å²) in [5.74, 6) is 0.966. The molecule has 0 saturated heterocycles. The van der Waals surface area contributed by atoms with E-state index in [1.54, 1.807) is 29.9 Å². The van der Waals surface area contributed by atoms with E-state index in [4.69, 9.17) is 33.7 Å². The molecule has 2 N–H and O–H groups in total. The van der Waals surface area contributed by atoms with Gasteiger partial charge in [-0.25, -0.2) is 4.68 Å². The minimum absolute atomic E-state index is 0.211. The van der Waals surface area contributed by atoms with Gasteiger partial charge in [-0.15, -0.1) is 0 Å². The summed E-state index contributed by atoms with van der Waals surface area (Å²) >= 11 is 12.5. The van der Waals surface area contributed by atoms with Gasteiger partial charge in [-0.05, 0) is 42.0 Å². The van der Waals surface area contributed by atoms with Crippen molar-refractivity contribution in [2.75, 3.05) is 12.8 Å². The van der Waals surface area contributed by atoms with Crippen LogP contribution in [0.4, 0.5) is 5.82 Å². The molecule has 0 aliphatic rings. The van der Waals surface area contributed by atoms with Gasteiger partial charge in [-0.1, -0.05) is 53.5 Å². The maximum Gasteiger partial charge on any atom is 0.264 e. The zero-order valence-electron chi connectivity index (χ0n) is 17.0. The van der Waals surface area contributed by atoms with Gasteiger partial charge < -0.3 is 15.0 Å². The number of halogens is 2. The van der Waals surface area contributed by atoms with Crippen LogP contribution in [0, 0.1) is 0 Å². The number of nitrogens with zero attached hydrogens (tertiary/aromatic N) is 3. The molecule has 0 radical (unpaired) electrons. The molecular weight excluding hydrogens is 447 g/mol. The van der Waals surface area contributed by atoms with E-state index in [9.17, 15) is 4.79 Å². The van der Waals surface area contributed by atoms with E-state index in [1.165, 1.54) is 4.68 Å². The lowest BCUT2D eigenvalue weighted by Crippen LogP contribution is -2.22. The Hall–Kier alpha value is -3.48. The molecule has 0 aliphatic carbocycles. The molecule has 6 nitrogen and oxygen atoms in total. The molecule has 2 aromatic heterocycles. The molecule has 3 aromatic carbocycles. The lowest BCUT2D eigenvalue weighted by molar-refractivity contribution is 0.414. The van der Waals surface area contributed by atoms with Crippen molar-refractivity contribution in [3.05, 3.63) is 92.7 Å². The number of para-hydroxylation sites is 1. The lowest BCUT2D eigenvalue weighted by Gasteiger charge is -2.11. The first-order chi connectivity index (χ1) is 15.5. The van der Waals surface area contributed by atoms with E-state index < -0.39 is 0 Å². The number of pyridine rings is 1. The average molecular weight is 465 g/mol. The summed E-state index contributed by atoms with van der Waals surface area (Å²) in [5, 5.41) is 6.74. The van der Waals surface area contributed by atoms with Crippen LogP contribution in [0.2, 0.25) is 10.0 Å². The van der Waals surface area contributed by atoms with Gasteiger partial charge in [-0.2, -0.15) is 5.10 Å². The first-order valence-electron chi connectivity index (χ1n) is 9.86. The van der Waals surface area contributed by atoms with Gasteiger partial charge in [0.1, 0.15) is 22.5 Å². The third-order valence-electron chi connectivity index (χ3n) is 5.47. The highest BCUT2D eigenvalue weighted by Gasteiger charge is 2.20. The molecule has 8 heteroatoms. The average Bonchev–Trinajstić information content (AvgIpc) is 3.16. The first kappa shape index (κ1) is 20.4. The molecule has 0 fully saturated rings. The highest BCUT2D eigenvalue weighted by molar-refractivity contribution is 6.34. The van der Waals surface area contributed by atoms with Gasteiger partial charge in [0.2, 0.25) is 0 Å². The maximum absolute atomic E-state index is 13.6. The van der Waals surface area contributed by atoms with Crippen LogP contribution in [0.1, 0.15) is 5.56 Å². The predicted molar refractivity (Wildman–Crippen MR) is 129 cm³/mol.